The molecule has 0 radical (unpaired) electrons. The molecule has 1 saturated heterocycles. The summed E-state index contributed by atoms with van der Waals surface area (Å²) in [7, 11) is 0. The normalized spacial score (nSPS) is 17.3. The van der Waals surface area contributed by atoms with Gasteiger partial charge in [-0.1, -0.05) is 48.5 Å². The van der Waals surface area contributed by atoms with E-state index in [1.54, 1.807) is 38.4 Å². The van der Waals surface area contributed by atoms with Crippen molar-refractivity contribution < 1.29 is 41.0 Å². The first-order valence-electron chi connectivity index (χ1n) is 13.8. The van der Waals surface area contributed by atoms with Crippen LogP contribution >= 0.6 is 0 Å². The number of hydrogen-bond acceptors (Lipinski definition) is 6. The Hall–Kier alpha value is -3.48. The molecule has 1 aromatic heterocycles. The molecule has 0 bridgehead atoms. The fraction of sp³-hybridized carbons (Fsp3) is 0.419. The van der Waals surface area contributed by atoms with E-state index < -0.39 is 23.5 Å². The molecule has 2 aromatic carbocycles. The first kappa shape index (κ1) is 32.4. The second-order valence-corrected chi connectivity index (χ2v) is 10.9. The lowest BCUT2D eigenvalue weighted by atomic mass is 9.90. The average Bonchev–Trinajstić information content (AvgIpc) is 2.93. The van der Waals surface area contributed by atoms with Gasteiger partial charge in [0.1, 0.15) is 0 Å². The van der Waals surface area contributed by atoms with E-state index in [0.717, 1.165) is 36.3 Å². The number of rotatable bonds is 9. The van der Waals surface area contributed by atoms with Crippen LogP contribution in [0, 0.1) is 0 Å². The Morgan fingerprint density at radius 3 is 1.93 bits per heavy atom. The molecule has 1 aliphatic heterocycles. The first-order chi connectivity index (χ1) is 20.2. The maximum Gasteiger partial charge on any atom is 0.430 e. The van der Waals surface area contributed by atoms with Crippen molar-refractivity contribution >= 4 is 5.97 Å². The molecule has 0 spiro atoms. The summed E-state index contributed by atoms with van der Waals surface area (Å²) in [5, 5.41) is 9.63. The third-order valence-electron chi connectivity index (χ3n) is 7.41. The number of ether oxygens (including phenoxy) is 1. The minimum absolute atomic E-state index is 0.102. The summed E-state index contributed by atoms with van der Waals surface area (Å²) >= 11 is 0. The molecule has 6 nitrogen and oxygen atoms in total. The smallest absolute Gasteiger partial charge is 0.430 e. The van der Waals surface area contributed by atoms with E-state index in [0.29, 0.717) is 42.9 Å². The zero-order valence-electron chi connectivity index (χ0n) is 23.7. The Labute approximate surface area is 245 Å². The summed E-state index contributed by atoms with van der Waals surface area (Å²) in [6.45, 7) is 7.00. The number of pyridine rings is 1. The summed E-state index contributed by atoms with van der Waals surface area (Å²) in [6, 6.07) is 14.4. The van der Waals surface area contributed by atoms with E-state index in [2.05, 4.69) is 14.8 Å². The largest absolute Gasteiger partial charge is 0.463 e. The number of halogens is 6. The molecular formula is C31H33F6N3O3. The van der Waals surface area contributed by atoms with Crippen LogP contribution in [-0.2, 0) is 28.2 Å². The minimum atomic E-state index is -5.94. The molecule has 43 heavy (non-hydrogen) atoms. The molecule has 12 heteroatoms. The van der Waals surface area contributed by atoms with E-state index in [1.165, 1.54) is 0 Å². The zero-order valence-corrected chi connectivity index (χ0v) is 23.7. The first-order valence-corrected chi connectivity index (χ1v) is 13.8. The van der Waals surface area contributed by atoms with Crippen LogP contribution in [0.5, 0.6) is 0 Å². The Bertz CT molecular complexity index is 1330. The number of alkyl halides is 6. The number of aliphatic hydroxyl groups is 1. The number of nitrogens with zero attached hydrogens (tertiary/aromatic N) is 3. The van der Waals surface area contributed by atoms with Crippen LogP contribution in [0.1, 0.15) is 37.0 Å². The molecule has 1 fully saturated rings. The van der Waals surface area contributed by atoms with Gasteiger partial charge in [-0.3, -0.25) is 19.6 Å². The number of hydrogen-bond donors (Lipinski definition) is 1. The molecule has 0 aliphatic carbocycles. The predicted molar refractivity (Wildman–Crippen MR) is 147 cm³/mol. The Morgan fingerprint density at radius 2 is 1.40 bits per heavy atom. The van der Waals surface area contributed by atoms with Gasteiger partial charge in [-0.25, -0.2) is 0 Å². The van der Waals surface area contributed by atoms with Crippen molar-refractivity contribution in [3.8, 4) is 11.1 Å². The molecule has 2 heterocycles. The van der Waals surface area contributed by atoms with Crippen LogP contribution < -0.4 is 0 Å². The van der Waals surface area contributed by atoms with Crippen molar-refractivity contribution in [2.45, 2.75) is 63.5 Å². The van der Waals surface area contributed by atoms with Crippen molar-refractivity contribution in [2.24, 2.45) is 0 Å². The van der Waals surface area contributed by atoms with Crippen molar-refractivity contribution in [2.75, 3.05) is 19.6 Å². The summed E-state index contributed by atoms with van der Waals surface area (Å²) in [5.41, 5.74) is -3.26. The van der Waals surface area contributed by atoms with Gasteiger partial charge in [0.25, 0.3) is 5.60 Å². The molecular weight excluding hydrogens is 576 g/mol. The molecule has 1 aliphatic rings. The van der Waals surface area contributed by atoms with Crippen LogP contribution in [-0.4, -0.2) is 70.0 Å². The van der Waals surface area contributed by atoms with E-state index in [1.807, 2.05) is 24.3 Å². The highest BCUT2D eigenvalue weighted by atomic mass is 19.4. The van der Waals surface area contributed by atoms with E-state index in [4.69, 9.17) is 4.74 Å². The third kappa shape index (κ3) is 7.73. The number of carbonyl (C=O) groups is 1. The molecule has 0 saturated carbocycles. The molecule has 232 valence electrons. The number of aromatic nitrogens is 1. The SMILES string of the molecule is CC(C)OC(=O)CC1CN(Cc2ccncc2)CCN1Cc1ccc(-c2ccc(C(O)(C(F)(F)F)C(F)(F)F)cc2)cc1. The van der Waals surface area contributed by atoms with Gasteiger partial charge >= 0.3 is 18.3 Å². The van der Waals surface area contributed by atoms with E-state index >= 15 is 0 Å². The average molecular weight is 610 g/mol. The van der Waals surface area contributed by atoms with Crippen molar-refractivity contribution in [1.82, 2.24) is 14.8 Å². The second-order valence-electron chi connectivity index (χ2n) is 10.9. The number of benzene rings is 2. The summed E-state index contributed by atoms with van der Waals surface area (Å²) < 4.78 is 84.7. The van der Waals surface area contributed by atoms with Gasteiger partial charge in [0.15, 0.2) is 0 Å². The predicted octanol–water partition coefficient (Wildman–Crippen LogP) is 6.09. The lowest BCUT2D eigenvalue weighted by molar-refractivity contribution is -0.376. The van der Waals surface area contributed by atoms with Gasteiger partial charge in [-0.2, -0.15) is 26.3 Å². The standard InChI is InChI=1S/C31H33F6N3O3/c1-21(2)43-28(41)17-27-20-39(18-23-11-13-38-14-12-23)15-16-40(27)19-22-3-5-24(6-4-22)25-7-9-26(10-8-25)29(42,30(32,33)34)31(35,36)37/h3-14,21,27,42H,15-20H2,1-2H3. The fourth-order valence-corrected chi connectivity index (χ4v) is 5.18. The number of esters is 1. The maximum absolute atomic E-state index is 13.2. The summed E-state index contributed by atoms with van der Waals surface area (Å²) in [6.07, 6.45) is -8.41. The second kappa shape index (κ2) is 13.0. The molecule has 4 rings (SSSR count). The van der Waals surface area contributed by atoms with Crippen LogP contribution in [0.2, 0.25) is 0 Å². The van der Waals surface area contributed by atoms with Crippen LogP contribution in [0.3, 0.4) is 0 Å². The van der Waals surface area contributed by atoms with Crippen molar-refractivity contribution in [3.05, 3.63) is 89.7 Å². The Balaban J connectivity index is 1.47. The third-order valence-corrected chi connectivity index (χ3v) is 7.41. The van der Waals surface area contributed by atoms with Gasteiger partial charge < -0.3 is 9.84 Å². The number of carbonyl (C=O) groups excluding carboxylic acids is 1. The maximum atomic E-state index is 13.2. The highest BCUT2D eigenvalue weighted by molar-refractivity contribution is 5.70. The van der Waals surface area contributed by atoms with E-state index in [9.17, 15) is 36.2 Å². The quantitative estimate of drug-likeness (QED) is 0.234. The minimum Gasteiger partial charge on any atom is -0.463 e. The van der Waals surface area contributed by atoms with Crippen LogP contribution in [0.25, 0.3) is 11.1 Å². The van der Waals surface area contributed by atoms with Gasteiger partial charge in [0, 0.05) is 56.7 Å². The van der Waals surface area contributed by atoms with Crippen molar-refractivity contribution in [3.63, 3.8) is 0 Å². The molecule has 1 N–H and O–H groups in total. The van der Waals surface area contributed by atoms with Gasteiger partial charge in [0.05, 0.1) is 12.5 Å². The van der Waals surface area contributed by atoms with Crippen LogP contribution in [0.4, 0.5) is 26.3 Å². The molecule has 1 atom stereocenters. The van der Waals surface area contributed by atoms with Crippen molar-refractivity contribution in [1.29, 1.82) is 0 Å². The Morgan fingerprint density at radius 1 is 0.860 bits per heavy atom. The topological polar surface area (TPSA) is 65.9 Å². The monoisotopic (exact) mass is 609 g/mol. The lowest BCUT2D eigenvalue weighted by Crippen LogP contribution is -2.53. The van der Waals surface area contributed by atoms with E-state index in [-0.39, 0.29) is 24.5 Å². The highest BCUT2D eigenvalue weighted by Gasteiger charge is 2.71. The molecule has 1 unspecified atom stereocenters. The van der Waals surface area contributed by atoms with Gasteiger partial charge in [0.2, 0.25) is 0 Å². The highest BCUT2D eigenvalue weighted by Crippen LogP contribution is 2.50. The molecule has 0 amide bonds. The number of piperazine rings is 1. The van der Waals surface area contributed by atoms with Gasteiger partial charge in [-0.15, -0.1) is 0 Å². The van der Waals surface area contributed by atoms with Crippen LogP contribution in [0.15, 0.2) is 73.1 Å². The Kier molecular flexibility index (Phi) is 9.83. The fourth-order valence-electron chi connectivity index (χ4n) is 5.18. The molecule has 3 aromatic rings. The zero-order chi connectivity index (χ0) is 31.4. The lowest BCUT2D eigenvalue weighted by Gasteiger charge is -2.41. The summed E-state index contributed by atoms with van der Waals surface area (Å²) in [5.74, 6) is -0.280. The summed E-state index contributed by atoms with van der Waals surface area (Å²) in [4.78, 5) is 21.1. The van der Waals surface area contributed by atoms with Gasteiger partial charge in [-0.05, 0) is 48.2 Å².